The maximum absolute atomic E-state index is 11.1. The Kier molecular flexibility index (Phi) is 5.57. The van der Waals surface area contributed by atoms with Gasteiger partial charge in [-0.25, -0.2) is 4.79 Å². The van der Waals surface area contributed by atoms with Crippen LogP contribution < -0.4 is 10.1 Å². The second-order valence-electron chi connectivity index (χ2n) is 6.07. The van der Waals surface area contributed by atoms with Crippen molar-refractivity contribution in [3.05, 3.63) is 29.3 Å². The van der Waals surface area contributed by atoms with Crippen LogP contribution in [0, 0.1) is 6.92 Å². The number of carbonyl (C=O) groups is 1. The Hall–Kier alpha value is -1.55. The summed E-state index contributed by atoms with van der Waals surface area (Å²) in [4.78, 5) is 11.1. The second-order valence-corrected chi connectivity index (χ2v) is 6.07. The smallest absolute Gasteiger partial charge is 0.344 e. The average Bonchev–Trinajstić information content (AvgIpc) is 2.33. The Labute approximate surface area is 121 Å². The van der Waals surface area contributed by atoms with Crippen molar-refractivity contribution in [1.82, 2.24) is 5.32 Å². The van der Waals surface area contributed by atoms with Gasteiger partial charge in [-0.15, -0.1) is 0 Å². The molecule has 20 heavy (non-hydrogen) atoms. The zero-order valence-corrected chi connectivity index (χ0v) is 13.0. The number of carboxylic acids is 1. The topological polar surface area (TPSA) is 58.6 Å². The second kappa shape index (κ2) is 6.75. The van der Waals surface area contributed by atoms with Crippen LogP contribution in [-0.4, -0.2) is 22.7 Å². The van der Waals surface area contributed by atoms with E-state index in [1.54, 1.807) is 6.92 Å². The summed E-state index contributed by atoms with van der Waals surface area (Å²) in [5.41, 5.74) is 2.11. The van der Waals surface area contributed by atoms with Gasteiger partial charge in [-0.2, -0.15) is 0 Å². The lowest BCUT2D eigenvalue weighted by Gasteiger charge is -2.23. The van der Waals surface area contributed by atoms with Crippen LogP contribution in [0.1, 0.15) is 45.2 Å². The van der Waals surface area contributed by atoms with E-state index >= 15 is 0 Å². The SMILES string of the molecule is CCC(Oc1ccc(C)cc1CNC(C)(C)C)C(=O)O. The number of ether oxygens (including phenoxy) is 1. The molecule has 0 aliphatic rings. The number of nitrogens with one attached hydrogen (secondary N) is 1. The van der Waals surface area contributed by atoms with E-state index in [0.29, 0.717) is 18.7 Å². The van der Waals surface area contributed by atoms with Crippen molar-refractivity contribution in [2.24, 2.45) is 0 Å². The van der Waals surface area contributed by atoms with Gasteiger partial charge in [-0.3, -0.25) is 0 Å². The van der Waals surface area contributed by atoms with E-state index in [0.717, 1.165) is 11.1 Å². The maximum Gasteiger partial charge on any atom is 0.344 e. The van der Waals surface area contributed by atoms with Crippen LogP contribution in [0.3, 0.4) is 0 Å². The van der Waals surface area contributed by atoms with Gasteiger partial charge in [0, 0.05) is 17.6 Å². The standard InChI is InChI=1S/C16H25NO3/c1-6-13(15(18)19)20-14-8-7-11(2)9-12(14)10-17-16(3,4)5/h7-9,13,17H,6,10H2,1-5H3,(H,18,19). The van der Waals surface area contributed by atoms with Gasteiger partial charge in [0.25, 0.3) is 0 Å². The van der Waals surface area contributed by atoms with Crippen molar-refractivity contribution in [3.63, 3.8) is 0 Å². The fraction of sp³-hybridized carbons (Fsp3) is 0.562. The number of benzene rings is 1. The summed E-state index contributed by atoms with van der Waals surface area (Å²) in [7, 11) is 0. The third-order valence-corrected chi connectivity index (χ3v) is 2.94. The molecule has 0 amide bonds. The molecule has 0 bridgehead atoms. The molecule has 4 nitrogen and oxygen atoms in total. The number of aliphatic carboxylic acids is 1. The van der Waals surface area contributed by atoms with Gasteiger partial charge in [0.05, 0.1) is 0 Å². The molecular formula is C16H25NO3. The van der Waals surface area contributed by atoms with E-state index in [1.807, 2.05) is 25.1 Å². The molecular weight excluding hydrogens is 254 g/mol. The summed E-state index contributed by atoms with van der Waals surface area (Å²) in [6.45, 7) is 10.7. The monoisotopic (exact) mass is 279 g/mol. The molecule has 0 saturated heterocycles. The van der Waals surface area contributed by atoms with Crippen molar-refractivity contribution in [1.29, 1.82) is 0 Å². The lowest BCUT2D eigenvalue weighted by atomic mass is 10.1. The van der Waals surface area contributed by atoms with E-state index in [9.17, 15) is 4.79 Å². The third kappa shape index (κ3) is 5.21. The molecule has 1 rings (SSSR count). The summed E-state index contributed by atoms with van der Waals surface area (Å²) in [6, 6.07) is 5.81. The average molecular weight is 279 g/mol. The minimum atomic E-state index is -0.928. The molecule has 0 heterocycles. The number of hydrogen-bond acceptors (Lipinski definition) is 3. The van der Waals surface area contributed by atoms with Crippen LogP contribution in [0.2, 0.25) is 0 Å². The molecule has 0 aromatic heterocycles. The highest BCUT2D eigenvalue weighted by molar-refractivity contribution is 5.72. The number of hydrogen-bond donors (Lipinski definition) is 2. The molecule has 0 aliphatic carbocycles. The Bertz CT molecular complexity index is 463. The minimum absolute atomic E-state index is 0.00201. The van der Waals surface area contributed by atoms with Crippen LogP contribution in [0.25, 0.3) is 0 Å². The van der Waals surface area contributed by atoms with E-state index < -0.39 is 12.1 Å². The lowest BCUT2D eigenvalue weighted by molar-refractivity contribution is -0.145. The van der Waals surface area contributed by atoms with E-state index in [2.05, 4.69) is 26.1 Å². The van der Waals surface area contributed by atoms with E-state index in [4.69, 9.17) is 9.84 Å². The van der Waals surface area contributed by atoms with Crippen LogP contribution in [0.4, 0.5) is 0 Å². The van der Waals surface area contributed by atoms with Crippen molar-refractivity contribution >= 4 is 5.97 Å². The van der Waals surface area contributed by atoms with Crippen molar-refractivity contribution in [2.45, 2.75) is 59.2 Å². The Morgan fingerprint density at radius 2 is 2.05 bits per heavy atom. The van der Waals surface area contributed by atoms with Crippen molar-refractivity contribution < 1.29 is 14.6 Å². The van der Waals surface area contributed by atoms with Gasteiger partial charge < -0.3 is 15.2 Å². The molecule has 2 N–H and O–H groups in total. The summed E-state index contributed by atoms with van der Waals surface area (Å²) in [6.07, 6.45) is -0.360. The first-order valence-corrected chi connectivity index (χ1v) is 6.97. The largest absolute Gasteiger partial charge is 0.479 e. The summed E-state index contributed by atoms with van der Waals surface area (Å²) < 4.78 is 5.64. The normalized spacial score (nSPS) is 13.1. The predicted octanol–water partition coefficient (Wildman–Crippen LogP) is 3.13. The molecule has 0 radical (unpaired) electrons. The van der Waals surface area contributed by atoms with Crippen molar-refractivity contribution in [2.75, 3.05) is 0 Å². The fourth-order valence-electron chi connectivity index (χ4n) is 1.78. The molecule has 0 saturated carbocycles. The summed E-state index contributed by atoms with van der Waals surface area (Å²) in [5, 5.41) is 12.5. The molecule has 0 fully saturated rings. The number of carboxylic acid groups (broad SMARTS) is 1. The van der Waals surface area contributed by atoms with E-state index in [-0.39, 0.29) is 5.54 Å². The predicted molar refractivity (Wildman–Crippen MR) is 80.1 cm³/mol. The molecule has 4 heteroatoms. The first kappa shape index (κ1) is 16.5. The highest BCUT2D eigenvalue weighted by atomic mass is 16.5. The maximum atomic E-state index is 11.1. The quantitative estimate of drug-likeness (QED) is 0.840. The Balaban J connectivity index is 2.92. The van der Waals surface area contributed by atoms with Crippen LogP contribution in [0.15, 0.2) is 18.2 Å². The highest BCUT2D eigenvalue weighted by Crippen LogP contribution is 2.22. The molecule has 1 unspecified atom stereocenters. The third-order valence-electron chi connectivity index (χ3n) is 2.94. The van der Waals surface area contributed by atoms with Crippen molar-refractivity contribution in [3.8, 4) is 5.75 Å². The molecule has 0 aliphatic heterocycles. The van der Waals surface area contributed by atoms with E-state index in [1.165, 1.54) is 0 Å². The lowest BCUT2D eigenvalue weighted by Crippen LogP contribution is -2.35. The van der Waals surface area contributed by atoms with Crippen LogP contribution in [0.5, 0.6) is 5.75 Å². The summed E-state index contributed by atoms with van der Waals surface area (Å²) >= 11 is 0. The number of rotatable bonds is 6. The number of aryl methyl sites for hydroxylation is 1. The molecule has 0 spiro atoms. The first-order chi connectivity index (χ1) is 9.23. The van der Waals surface area contributed by atoms with Gasteiger partial charge >= 0.3 is 5.97 Å². The highest BCUT2D eigenvalue weighted by Gasteiger charge is 2.19. The zero-order valence-electron chi connectivity index (χ0n) is 13.0. The van der Waals surface area contributed by atoms with Gasteiger partial charge in [0.15, 0.2) is 6.10 Å². The molecule has 1 aromatic carbocycles. The minimum Gasteiger partial charge on any atom is -0.479 e. The zero-order chi connectivity index (χ0) is 15.3. The molecule has 1 aromatic rings. The fourth-order valence-corrected chi connectivity index (χ4v) is 1.78. The van der Waals surface area contributed by atoms with Crippen LogP contribution >= 0.6 is 0 Å². The summed E-state index contributed by atoms with van der Waals surface area (Å²) in [5.74, 6) is -0.288. The van der Waals surface area contributed by atoms with Gasteiger partial charge in [0.1, 0.15) is 5.75 Å². The van der Waals surface area contributed by atoms with Gasteiger partial charge in [-0.05, 0) is 40.2 Å². The Morgan fingerprint density at radius 3 is 2.55 bits per heavy atom. The van der Waals surface area contributed by atoms with Crippen LogP contribution in [-0.2, 0) is 11.3 Å². The molecule has 1 atom stereocenters. The van der Waals surface area contributed by atoms with Gasteiger partial charge in [-0.1, -0.05) is 24.6 Å². The molecule has 112 valence electrons. The Morgan fingerprint density at radius 1 is 1.40 bits per heavy atom. The first-order valence-electron chi connectivity index (χ1n) is 6.97. The van der Waals surface area contributed by atoms with Gasteiger partial charge in [0.2, 0.25) is 0 Å².